The van der Waals surface area contributed by atoms with Crippen LogP contribution in [0.1, 0.15) is 43.4 Å². The number of aromatic amines is 1. The van der Waals surface area contributed by atoms with Crippen molar-refractivity contribution in [1.29, 1.82) is 0 Å². The molecule has 0 aliphatic carbocycles. The van der Waals surface area contributed by atoms with Gasteiger partial charge in [-0.25, -0.2) is 9.59 Å². The van der Waals surface area contributed by atoms with E-state index in [1.807, 2.05) is 60.0 Å². The Labute approximate surface area is 221 Å². The molecule has 1 atom stereocenters. The molecule has 198 valence electrons. The van der Waals surface area contributed by atoms with E-state index in [0.29, 0.717) is 45.4 Å². The fourth-order valence-corrected chi connectivity index (χ4v) is 5.94. The van der Waals surface area contributed by atoms with Crippen LogP contribution in [-0.4, -0.2) is 74.1 Å². The number of nitrogens with one attached hydrogen (secondary N) is 3. The van der Waals surface area contributed by atoms with Crippen molar-refractivity contribution < 1.29 is 14.4 Å². The number of anilines is 1. The van der Waals surface area contributed by atoms with Gasteiger partial charge in [0.15, 0.2) is 0 Å². The molecule has 3 aliphatic rings. The molecule has 2 aromatic carbocycles. The Morgan fingerprint density at radius 3 is 2.63 bits per heavy atom. The second kappa shape index (κ2) is 9.66. The van der Waals surface area contributed by atoms with Gasteiger partial charge in [-0.15, -0.1) is 0 Å². The Balaban J connectivity index is 1.13. The summed E-state index contributed by atoms with van der Waals surface area (Å²) in [5, 5.41) is 14.2. The molecule has 1 aromatic heterocycles. The Bertz CT molecular complexity index is 1390. The number of nitrogens with zero attached hydrogens (tertiary/aromatic N) is 4. The molecule has 1 saturated heterocycles. The first-order valence-electron chi connectivity index (χ1n) is 13.3. The third-order valence-corrected chi connectivity index (χ3v) is 8.14. The van der Waals surface area contributed by atoms with E-state index < -0.39 is 6.04 Å². The average molecular weight is 516 g/mol. The van der Waals surface area contributed by atoms with Gasteiger partial charge in [-0.05, 0) is 55.5 Å². The van der Waals surface area contributed by atoms with Gasteiger partial charge in [-0.2, -0.15) is 5.10 Å². The third kappa shape index (κ3) is 4.33. The number of aromatic nitrogens is 2. The fraction of sp³-hybridized carbons (Fsp3) is 0.429. The second-order valence-electron chi connectivity index (χ2n) is 10.7. The van der Waals surface area contributed by atoms with E-state index in [4.69, 9.17) is 0 Å². The minimum atomic E-state index is -0.641. The van der Waals surface area contributed by atoms with Gasteiger partial charge in [0, 0.05) is 55.8 Å². The monoisotopic (exact) mass is 515 g/mol. The summed E-state index contributed by atoms with van der Waals surface area (Å²) < 4.78 is 0. The first-order valence-corrected chi connectivity index (χ1v) is 13.3. The zero-order valence-electron chi connectivity index (χ0n) is 21.7. The summed E-state index contributed by atoms with van der Waals surface area (Å²) in [5.74, 6) is -0.0697. The summed E-state index contributed by atoms with van der Waals surface area (Å²) in [6, 6.07) is 11.0. The van der Waals surface area contributed by atoms with E-state index in [0.717, 1.165) is 33.3 Å². The standard InChI is InChI=1S/C28H33N7O3/c1-17(2)34-16-22-18(7-8-24-21(22)14-29-32-24)13-25(26(34)36)31-27(37)33-11-9-20(10-12-33)35-15-19-5-3-4-6-23(19)30-28(35)38/h3-8,14,17,20,25H,9-13,15-16H2,1-2H3,(H,29,32)(H,30,38)(H,31,37)/t25-/m1/s1. The molecule has 5 amide bonds. The van der Waals surface area contributed by atoms with Gasteiger partial charge in [0.05, 0.1) is 11.7 Å². The van der Waals surface area contributed by atoms with Crippen molar-refractivity contribution in [3.05, 3.63) is 59.3 Å². The molecule has 0 radical (unpaired) electrons. The Morgan fingerprint density at radius 2 is 1.84 bits per heavy atom. The fourth-order valence-electron chi connectivity index (χ4n) is 5.94. The third-order valence-electron chi connectivity index (χ3n) is 8.14. The molecule has 0 saturated carbocycles. The summed E-state index contributed by atoms with van der Waals surface area (Å²) in [5.41, 5.74) is 5.04. The number of carbonyl (C=O) groups is 3. The number of carbonyl (C=O) groups excluding carboxylic acids is 3. The summed E-state index contributed by atoms with van der Waals surface area (Å²) in [6.45, 7) is 6.12. The first kappa shape index (κ1) is 24.3. The molecule has 38 heavy (non-hydrogen) atoms. The van der Waals surface area contributed by atoms with Gasteiger partial charge in [0.1, 0.15) is 6.04 Å². The van der Waals surface area contributed by atoms with E-state index in [2.05, 4.69) is 20.8 Å². The maximum atomic E-state index is 13.6. The van der Waals surface area contributed by atoms with Crippen LogP contribution in [0, 0.1) is 0 Å². The normalized spacial score (nSPS) is 20.3. The van der Waals surface area contributed by atoms with Crippen molar-refractivity contribution in [2.45, 2.75) is 64.3 Å². The molecule has 0 spiro atoms. The van der Waals surface area contributed by atoms with E-state index in [-0.39, 0.29) is 30.1 Å². The summed E-state index contributed by atoms with van der Waals surface area (Å²) in [7, 11) is 0. The average Bonchev–Trinajstić information content (AvgIpc) is 3.35. The van der Waals surface area contributed by atoms with Crippen LogP contribution >= 0.6 is 0 Å². The summed E-state index contributed by atoms with van der Waals surface area (Å²) in [6.07, 6.45) is 3.64. The zero-order valence-corrected chi connectivity index (χ0v) is 21.7. The van der Waals surface area contributed by atoms with Crippen molar-refractivity contribution in [3.63, 3.8) is 0 Å². The van der Waals surface area contributed by atoms with Crippen LogP contribution in [0.2, 0.25) is 0 Å². The highest BCUT2D eigenvalue weighted by atomic mass is 16.2. The van der Waals surface area contributed by atoms with Gasteiger partial charge in [-0.3, -0.25) is 9.89 Å². The quantitative estimate of drug-likeness (QED) is 0.496. The van der Waals surface area contributed by atoms with E-state index in [9.17, 15) is 14.4 Å². The SMILES string of the molecule is CC(C)N1Cc2c(ccc3[nH]ncc23)C[C@@H](NC(=O)N2CCC(N3Cc4ccccc4NC3=O)CC2)C1=O. The number of benzene rings is 2. The lowest BCUT2D eigenvalue weighted by molar-refractivity contribution is -0.135. The lowest BCUT2D eigenvalue weighted by Gasteiger charge is -2.40. The molecule has 4 heterocycles. The Kier molecular flexibility index (Phi) is 6.17. The van der Waals surface area contributed by atoms with Gasteiger partial charge in [-0.1, -0.05) is 24.3 Å². The van der Waals surface area contributed by atoms with Crippen molar-refractivity contribution in [1.82, 2.24) is 30.2 Å². The van der Waals surface area contributed by atoms with Crippen molar-refractivity contribution >= 4 is 34.6 Å². The molecule has 0 unspecified atom stereocenters. The van der Waals surface area contributed by atoms with Crippen molar-refractivity contribution in [2.24, 2.45) is 0 Å². The minimum absolute atomic E-state index is 0.00780. The lowest BCUT2D eigenvalue weighted by Crippen LogP contribution is -2.56. The van der Waals surface area contributed by atoms with Crippen LogP contribution in [0.3, 0.4) is 0 Å². The van der Waals surface area contributed by atoms with Gasteiger partial charge >= 0.3 is 12.1 Å². The highest BCUT2D eigenvalue weighted by Crippen LogP contribution is 2.29. The van der Waals surface area contributed by atoms with E-state index in [1.165, 1.54) is 0 Å². The van der Waals surface area contributed by atoms with Crippen LogP contribution in [-0.2, 0) is 24.3 Å². The highest BCUT2D eigenvalue weighted by Gasteiger charge is 2.36. The van der Waals surface area contributed by atoms with E-state index >= 15 is 0 Å². The predicted octanol–water partition coefficient (Wildman–Crippen LogP) is 3.45. The number of H-pyrrole nitrogens is 1. The molecule has 3 aliphatic heterocycles. The minimum Gasteiger partial charge on any atom is -0.334 e. The number of amides is 5. The molecular weight excluding hydrogens is 482 g/mol. The largest absolute Gasteiger partial charge is 0.334 e. The summed E-state index contributed by atoms with van der Waals surface area (Å²) >= 11 is 0. The lowest BCUT2D eigenvalue weighted by atomic mass is 9.98. The number of likely N-dealkylation sites (tertiary alicyclic amines) is 1. The topological polar surface area (TPSA) is 114 Å². The molecule has 3 N–H and O–H groups in total. The van der Waals surface area contributed by atoms with Gasteiger partial charge in [0.2, 0.25) is 5.91 Å². The maximum absolute atomic E-state index is 13.6. The van der Waals surface area contributed by atoms with Gasteiger partial charge < -0.3 is 25.3 Å². The number of piperidine rings is 1. The predicted molar refractivity (Wildman–Crippen MR) is 143 cm³/mol. The molecule has 10 nitrogen and oxygen atoms in total. The smallest absolute Gasteiger partial charge is 0.322 e. The van der Waals surface area contributed by atoms with E-state index in [1.54, 1.807) is 11.1 Å². The molecule has 0 bridgehead atoms. The number of fused-ring (bicyclic) bond motifs is 4. The number of rotatable bonds is 3. The second-order valence-corrected chi connectivity index (χ2v) is 10.7. The first-order chi connectivity index (χ1) is 18.4. The van der Waals surface area contributed by atoms with Crippen LogP contribution < -0.4 is 10.6 Å². The number of hydrogen-bond acceptors (Lipinski definition) is 4. The van der Waals surface area contributed by atoms with Crippen LogP contribution in [0.15, 0.2) is 42.6 Å². The number of hydrogen-bond donors (Lipinski definition) is 3. The molecule has 6 rings (SSSR count). The highest BCUT2D eigenvalue weighted by molar-refractivity contribution is 5.93. The van der Waals surface area contributed by atoms with Crippen LogP contribution in [0.4, 0.5) is 15.3 Å². The Morgan fingerprint density at radius 1 is 1.05 bits per heavy atom. The molecular formula is C28H33N7O3. The molecule has 1 fully saturated rings. The Hall–Kier alpha value is -4.08. The van der Waals surface area contributed by atoms with Crippen LogP contribution in [0.5, 0.6) is 0 Å². The number of urea groups is 2. The maximum Gasteiger partial charge on any atom is 0.322 e. The molecule has 10 heteroatoms. The van der Waals surface area contributed by atoms with Crippen molar-refractivity contribution in [3.8, 4) is 0 Å². The number of para-hydroxylation sites is 1. The van der Waals surface area contributed by atoms with Gasteiger partial charge in [0.25, 0.3) is 0 Å². The van der Waals surface area contributed by atoms with Crippen molar-refractivity contribution in [2.75, 3.05) is 18.4 Å². The zero-order chi connectivity index (χ0) is 26.4. The van der Waals surface area contributed by atoms with Crippen LogP contribution in [0.25, 0.3) is 10.9 Å². The summed E-state index contributed by atoms with van der Waals surface area (Å²) in [4.78, 5) is 45.1. The molecule has 3 aromatic rings.